The van der Waals surface area contributed by atoms with E-state index < -0.39 is 12.1 Å². The fourth-order valence-corrected chi connectivity index (χ4v) is 4.11. The van der Waals surface area contributed by atoms with Gasteiger partial charge in [-0.2, -0.15) is 0 Å². The summed E-state index contributed by atoms with van der Waals surface area (Å²) in [6.45, 7) is 1.85. The molecule has 4 aromatic rings. The first kappa shape index (κ1) is 22.5. The van der Waals surface area contributed by atoms with Crippen molar-refractivity contribution in [3.05, 3.63) is 76.0 Å². The maximum Gasteiger partial charge on any atom is 0.411 e. The molecule has 2 N–H and O–H groups in total. The van der Waals surface area contributed by atoms with E-state index in [0.29, 0.717) is 39.2 Å². The van der Waals surface area contributed by atoms with Gasteiger partial charge in [-0.05, 0) is 18.6 Å². The van der Waals surface area contributed by atoms with Crippen LogP contribution in [-0.4, -0.2) is 33.9 Å². The molecular weight excluding hydrogens is 466 g/mol. The topological polar surface area (TPSA) is 115 Å². The highest BCUT2D eigenvalue weighted by Crippen LogP contribution is 2.32. The summed E-state index contributed by atoms with van der Waals surface area (Å²) in [6.07, 6.45) is -0.139. The zero-order chi connectivity index (χ0) is 23.4. The third-order valence-electron chi connectivity index (χ3n) is 4.78. The molecule has 0 saturated heterocycles. The highest BCUT2D eigenvalue weighted by atomic mass is 35.5. The number of hydrogen-bond acceptors (Lipinski definition) is 7. The van der Waals surface area contributed by atoms with Crippen LogP contribution in [0.3, 0.4) is 0 Å². The zero-order valence-corrected chi connectivity index (χ0v) is 18.9. The van der Waals surface area contributed by atoms with Gasteiger partial charge in [-0.25, -0.2) is 14.6 Å². The van der Waals surface area contributed by atoms with Crippen molar-refractivity contribution in [1.29, 1.82) is 0 Å². The number of nitrogens with one attached hydrogen (secondary N) is 1. The number of rotatable bonds is 7. The number of carbonyl (C=O) groups is 2. The fraction of sp³-hybridized carbons (Fsp3) is 0.130. The van der Waals surface area contributed by atoms with Crippen molar-refractivity contribution < 1.29 is 24.0 Å². The second kappa shape index (κ2) is 9.85. The average molecular weight is 484 g/mol. The van der Waals surface area contributed by atoms with E-state index in [9.17, 15) is 9.59 Å². The molecule has 0 aliphatic carbocycles. The number of benzene rings is 2. The molecule has 1 amide bonds. The first-order chi connectivity index (χ1) is 15.9. The lowest BCUT2D eigenvalue weighted by atomic mass is 10.1. The van der Waals surface area contributed by atoms with E-state index in [1.807, 2.05) is 18.2 Å². The lowest BCUT2D eigenvalue weighted by Gasteiger charge is -2.08. The Balaban J connectivity index is 1.43. The van der Waals surface area contributed by atoms with Crippen LogP contribution < -0.4 is 5.32 Å². The number of nitrogens with zero attached hydrogens (tertiary/aromatic N) is 2. The van der Waals surface area contributed by atoms with Crippen LogP contribution in [0.15, 0.2) is 58.4 Å². The highest BCUT2D eigenvalue weighted by molar-refractivity contribution is 7.13. The molecule has 0 unspecified atom stereocenters. The van der Waals surface area contributed by atoms with Crippen molar-refractivity contribution in [2.75, 3.05) is 11.9 Å². The third-order valence-corrected chi connectivity index (χ3v) is 6.04. The number of halogens is 1. The molecule has 0 spiro atoms. The first-order valence-electron chi connectivity index (χ1n) is 9.85. The number of aromatic nitrogens is 2. The Hall–Kier alpha value is -3.69. The molecule has 168 valence electrons. The molecule has 10 heteroatoms. The summed E-state index contributed by atoms with van der Waals surface area (Å²) >= 11 is 7.37. The molecule has 0 saturated carbocycles. The molecule has 8 nitrogen and oxygen atoms in total. The Morgan fingerprint density at radius 2 is 1.88 bits per heavy atom. The molecule has 0 radical (unpaired) electrons. The van der Waals surface area contributed by atoms with Gasteiger partial charge in [0, 0.05) is 28.0 Å². The second-order valence-electron chi connectivity index (χ2n) is 6.99. The summed E-state index contributed by atoms with van der Waals surface area (Å²) in [6, 6.07) is 14.6. The van der Waals surface area contributed by atoms with Gasteiger partial charge in [0.25, 0.3) is 0 Å². The summed E-state index contributed by atoms with van der Waals surface area (Å²) in [5, 5.41) is 18.5. The normalized spacial score (nSPS) is 10.7. The van der Waals surface area contributed by atoms with Crippen molar-refractivity contribution >= 4 is 40.7 Å². The van der Waals surface area contributed by atoms with Crippen LogP contribution in [-0.2, 0) is 11.2 Å². The van der Waals surface area contributed by atoms with Crippen LogP contribution in [0.4, 0.5) is 10.5 Å². The highest BCUT2D eigenvalue weighted by Gasteiger charge is 2.18. The van der Waals surface area contributed by atoms with Gasteiger partial charge in [0.05, 0.1) is 6.61 Å². The number of amides is 1. The minimum Gasteiger partial charge on any atom is -0.476 e. The molecule has 0 fully saturated rings. The van der Waals surface area contributed by atoms with Gasteiger partial charge < -0.3 is 14.4 Å². The molecular formula is C23H18ClN3O5S. The molecule has 4 rings (SSSR count). The molecule has 0 bridgehead atoms. The zero-order valence-electron chi connectivity index (χ0n) is 17.4. The number of anilines is 1. The molecule has 0 aliphatic heterocycles. The summed E-state index contributed by atoms with van der Waals surface area (Å²) < 4.78 is 10.6. The molecule has 2 aromatic heterocycles. The van der Waals surface area contributed by atoms with E-state index in [0.717, 1.165) is 11.1 Å². The number of carboxylic acid groups (broad SMARTS) is 1. The summed E-state index contributed by atoms with van der Waals surface area (Å²) in [5.74, 6) is -0.634. The van der Waals surface area contributed by atoms with Gasteiger partial charge in [0.15, 0.2) is 11.5 Å². The summed E-state index contributed by atoms with van der Waals surface area (Å²) in [5.41, 5.74) is 3.23. The monoisotopic (exact) mass is 483 g/mol. The van der Waals surface area contributed by atoms with E-state index >= 15 is 0 Å². The molecule has 2 aromatic carbocycles. The number of carbonyl (C=O) groups excluding carboxylic acids is 1. The number of ether oxygens (including phenoxy) is 1. The van der Waals surface area contributed by atoms with Gasteiger partial charge in [-0.3, -0.25) is 5.32 Å². The van der Waals surface area contributed by atoms with Crippen LogP contribution >= 0.6 is 22.9 Å². The van der Waals surface area contributed by atoms with Crippen LogP contribution in [0, 0.1) is 6.92 Å². The largest absolute Gasteiger partial charge is 0.476 e. The SMILES string of the molecule is Cc1onc(-c2ccc(-c3nc(C(=O)O)cs3)cc2)c1NC(=O)OCCc1ccccc1Cl. The van der Waals surface area contributed by atoms with Crippen molar-refractivity contribution in [2.45, 2.75) is 13.3 Å². The van der Waals surface area contributed by atoms with E-state index in [2.05, 4.69) is 15.5 Å². The van der Waals surface area contributed by atoms with Gasteiger partial charge in [0.2, 0.25) is 0 Å². The Morgan fingerprint density at radius 1 is 1.15 bits per heavy atom. The van der Waals surface area contributed by atoms with E-state index in [1.165, 1.54) is 16.7 Å². The molecule has 0 aliphatic rings. The van der Waals surface area contributed by atoms with E-state index in [-0.39, 0.29) is 12.3 Å². The van der Waals surface area contributed by atoms with Gasteiger partial charge in [-0.1, -0.05) is 59.2 Å². The Morgan fingerprint density at radius 3 is 2.58 bits per heavy atom. The molecule has 33 heavy (non-hydrogen) atoms. The van der Waals surface area contributed by atoms with E-state index in [4.69, 9.17) is 26.0 Å². The number of aromatic carboxylic acids is 1. The van der Waals surface area contributed by atoms with Crippen LogP contribution in [0.2, 0.25) is 5.02 Å². The van der Waals surface area contributed by atoms with Gasteiger partial charge >= 0.3 is 12.1 Å². The quantitative estimate of drug-likeness (QED) is 0.335. The standard InChI is InChI=1S/C23H18ClN3O5S/c1-13-19(26-23(30)31-11-10-14-4-2-3-5-17(14)24)20(27-32-13)15-6-8-16(9-7-15)21-25-18(12-33-21)22(28)29/h2-9,12H,10-11H2,1H3,(H,26,30)(H,28,29). The Kier molecular flexibility index (Phi) is 6.71. The average Bonchev–Trinajstić information content (AvgIpc) is 3.43. The van der Waals surface area contributed by atoms with Crippen molar-refractivity contribution in [2.24, 2.45) is 0 Å². The first-order valence-corrected chi connectivity index (χ1v) is 11.1. The van der Waals surface area contributed by atoms with Gasteiger partial charge in [-0.15, -0.1) is 11.3 Å². The number of carboxylic acids is 1. The maximum absolute atomic E-state index is 12.3. The Labute approximate surface area is 197 Å². The van der Waals surface area contributed by atoms with Crippen molar-refractivity contribution in [1.82, 2.24) is 10.1 Å². The van der Waals surface area contributed by atoms with Crippen LogP contribution in [0.25, 0.3) is 21.8 Å². The summed E-state index contributed by atoms with van der Waals surface area (Å²) in [4.78, 5) is 27.5. The van der Waals surface area contributed by atoms with E-state index in [1.54, 1.807) is 37.3 Å². The van der Waals surface area contributed by atoms with Crippen molar-refractivity contribution in [3.8, 4) is 21.8 Å². The molecule has 2 heterocycles. The van der Waals surface area contributed by atoms with Crippen LogP contribution in [0.1, 0.15) is 21.8 Å². The predicted molar refractivity (Wildman–Crippen MR) is 125 cm³/mol. The lowest BCUT2D eigenvalue weighted by Crippen LogP contribution is -2.16. The Bertz CT molecular complexity index is 1300. The second-order valence-corrected chi connectivity index (χ2v) is 8.25. The fourth-order valence-electron chi connectivity index (χ4n) is 3.08. The number of thiazole rings is 1. The minimum atomic E-state index is -1.07. The third kappa shape index (κ3) is 5.21. The number of hydrogen-bond donors (Lipinski definition) is 2. The predicted octanol–water partition coefficient (Wildman–Crippen LogP) is 5.92. The van der Waals surface area contributed by atoms with Gasteiger partial charge in [0.1, 0.15) is 16.4 Å². The molecule has 0 atom stereocenters. The minimum absolute atomic E-state index is 0.00531. The maximum atomic E-state index is 12.3. The number of aryl methyl sites for hydroxylation is 1. The summed E-state index contributed by atoms with van der Waals surface area (Å²) in [7, 11) is 0. The smallest absolute Gasteiger partial charge is 0.411 e. The van der Waals surface area contributed by atoms with Crippen LogP contribution in [0.5, 0.6) is 0 Å². The van der Waals surface area contributed by atoms with Crippen molar-refractivity contribution in [3.63, 3.8) is 0 Å². The lowest BCUT2D eigenvalue weighted by molar-refractivity contribution is 0.0691.